The zero-order valence-electron chi connectivity index (χ0n) is 11.8. The Balaban J connectivity index is 1.84. The Morgan fingerprint density at radius 3 is 2.59 bits per heavy atom. The van der Waals surface area contributed by atoms with E-state index in [9.17, 15) is 13.2 Å². The molecule has 0 fully saturated rings. The number of aromatic amines is 1. The molecule has 0 spiro atoms. The number of benzene rings is 2. The number of hydrogen-bond acceptors (Lipinski definition) is 4. The van der Waals surface area contributed by atoms with Crippen LogP contribution in [0.1, 0.15) is 11.1 Å². The molecule has 0 aliphatic rings. The van der Waals surface area contributed by atoms with E-state index in [-0.39, 0.29) is 11.4 Å². The zero-order chi connectivity index (χ0) is 15.7. The molecule has 0 amide bonds. The van der Waals surface area contributed by atoms with Gasteiger partial charge in [-0.3, -0.25) is 4.98 Å². The Kier molecular flexibility index (Phi) is 3.59. The van der Waals surface area contributed by atoms with E-state index < -0.39 is 15.8 Å². The summed E-state index contributed by atoms with van der Waals surface area (Å²) in [6, 6.07) is 11.8. The smallest absolute Gasteiger partial charge is 0.408 e. The normalized spacial score (nSPS) is 11.9. The predicted molar refractivity (Wildman–Crippen MR) is 82.0 cm³/mol. The van der Waals surface area contributed by atoms with Crippen LogP contribution in [0.25, 0.3) is 11.1 Å². The minimum Gasteiger partial charge on any atom is -0.408 e. The molecule has 22 heavy (non-hydrogen) atoms. The fourth-order valence-electron chi connectivity index (χ4n) is 2.07. The van der Waals surface area contributed by atoms with E-state index in [0.29, 0.717) is 11.1 Å². The third-order valence-electron chi connectivity index (χ3n) is 3.29. The maximum absolute atomic E-state index is 12.3. The monoisotopic (exact) mass is 318 g/mol. The third-order valence-corrected chi connectivity index (χ3v) is 4.69. The van der Waals surface area contributed by atoms with Crippen LogP contribution in [0.3, 0.4) is 0 Å². The van der Waals surface area contributed by atoms with Crippen molar-refractivity contribution in [2.75, 3.05) is 0 Å². The number of fused-ring (bicyclic) bond motifs is 1. The van der Waals surface area contributed by atoms with E-state index in [1.807, 2.05) is 31.2 Å². The van der Waals surface area contributed by atoms with Crippen LogP contribution >= 0.6 is 0 Å². The van der Waals surface area contributed by atoms with Crippen LogP contribution < -0.4 is 10.5 Å². The molecule has 0 saturated carbocycles. The molecular weight excluding hydrogens is 304 g/mol. The number of rotatable bonds is 4. The molecule has 2 N–H and O–H groups in total. The van der Waals surface area contributed by atoms with Crippen molar-refractivity contribution in [3.05, 3.63) is 64.1 Å². The minimum absolute atomic E-state index is 0.0733. The first-order chi connectivity index (χ1) is 10.4. The van der Waals surface area contributed by atoms with Gasteiger partial charge in [0.15, 0.2) is 5.58 Å². The fourth-order valence-corrected chi connectivity index (χ4v) is 3.11. The Hall–Kier alpha value is -2.38. The molecule has 3 rings (SSSR count). The average Bonchev–Trinajstić information content (AvgIpc) is 2.86. The highest BCUT2D eigenvalue weighted by Gasteiger charge is 2.15. The zero-order valence-corrected chi connectivity index (χ0v) is 12.6. The van der Waals surface area contributed by atoms with Crippen LogP contribution in [0, 0.1) is 6.92 Å². The summed E-state index contributed by atoms with van der Waals surface area (Å²) in [5.74, 6) is -0.614. The predicted octanol–water partition coefficient (Wildman–Crippen LogP) is 1.91. The number of aromatic nitrogens is 1. The van der Waals surface area contributed by atoms with Gasteiger partial charge in [0.05, 0.1) is 10.4 Å². The fraction of sp³-hybridized carbons (Fsp3) is 0.133. The molecule has 0 aliphatic heterocycles. The average molecular weight is 318 g/mol. The summed E-state index contributed by atoms with van der Waals surface area (Å²) in [7, 11) is -3.66. The van der Waals surface area contributed by atoms with Crippen molar-refractivity contribution in [1.29, 1.82) is 0 Å². The molecule has 2 aromatic carbocycles. The Morgan fingerprint density at radius 1 is 1.14 bits per heavy atom. The van der Waals surface area contributed by atoms with Crippen molar-refractivity contribution in [3.63, 3.8) is 0 Å². The molecule has 1 aromatic heterocycles. The third kappa shape index (κ3) is 2.95. The highest BCUT2D eigenvalue weighted by atomic mass is 32.2. The lowest BCUT2D eigenvalue weighted by atomic mass is 10.2. The topological polar surface area (TPSA) is 92.2 Å². The van der Waals surface area contributed by atoms with Crippen molar-refractivity contribution in [1.82, 2.24) is 9.71 Å². The first-order valence-corrected chi connectivity index (χ1v) is 8.10. The molecule has 0 atom stereocenters. The second-order valence-electron chi connectivity index (χ2n) is 4.98. The summed E-state index contributed by atoms with van der Waals surface area (Å²) in [6.07, 6.45) is 0. The van der Waals surface area contributed by atoms with Gasteiger partial charge in [0.1, 0.15) is 0 Å². The Morgan fingerprint density at radius 2 is 1.86 bits per heavy atom. The second kappa shape index (κ2) is 5.43. The summed E-state index contributed by atoms with van der Waals surface area (Å²) in [5.41, 5.74) is 2.65. The van der Waals surface area contributed by atoms with Crippen LogP contribution in [0.4, 0.5) is 0 Å². The van der Waals surface area contributed by atoms with Gasteiger partial charge in [-0.1, -0.05) is 29.8 Å². The highest BCUT2D eigenvalue weighted by molar-refractivity contribution is 7.89. The van der Waals surface area contributed by atoms with E-state index in [4.69, 9.17) is 4.42 Å². The number of sulfonamides is 1. The first-order valence-electron chi connectivity index (χ1n) is 6.62. The summed E-state index contributed by atoms with van der Waals surface area (Å²) in [6.45, 7) is 2.16. The molecule has 6 nitrogen and oxygen atoms in total. The van der Waals surface area contributed by atoms with Gasteiger partial charge in [-0.05, 0) is 30.7 Å². The Labute approximate surface area is 126 Å². The maximum Gasteiger partial charge on any atom is 0.417 e. The van der Waals surface area contributed by atoms with Crippen molar-refractivity contribution in [2.45, 2.75) is 18.4 Å². The second-order valence-corrected chi connectivity index (χ2v) is 6.75. The number of nitrogens with one attached hydrogen (secondary N) is 2. The maximum atomic E-state index is 12.3. The number of oxazole rings is 1. The molecular formula is C15H14N2O4S. The summed E-state index contributed by atoms with van der Waals surface area (Å²) in [5, 5.41) is 0. The number of H-pyrrole nitrogens is 1. The number of aryl methyl sites for hydroxylation is 1. The van der Waals surface area contributed by atoms with Gasteiger partial charge in [0.2, 0.25) is 10.0 Å². The van der Waals surface area contributed by atoms with Gasteiger partial charge < -0.3 is 4.42 Å². The van der Waals surface area contributed by atoms with Gasteiger partial charge >= 0.3 is 5.76 Å². The molecule has 1 heterocycles. The van der Waals surface area contributed by atoms with Crippen LogP contribution in [-0.4, -0.2) is 13.4 Å². The van der Waals surface area contributed by atoms with Crippen molar-refractivity contribution >= 4 is 21.1 Å². The van der Waals surface area contributed by atoms with Crippen LogP contribution in [-0.2, 0) is 16.6 Å². The largest absolute Gasteiger partial charge is 0.417 e. The lowest BCUT2D eigenvalue weighted by Gasteiger charge is -2.07. The van der Waals surface area contributed by atoms with Gasteiger partial charge in [0.25, 0.3) is 0 Å². The van der Waals surface area contributed by atoms with Gasteiger partial charge in [-0.15, -0.1) is 0 Å². The molecule has 0 saturated heterocycles. The molecule has 0 aliphatic carbocycles. The number of hydrogen-bond donors (Lipinski definition) is 2. The highest BCUT2D eigenvalue weighted by Crippen LogP contribution is 2.16. The molecule has 0 bridgehead atoms. The van der Waals surface area contributed by atoms with Crippen molar-refractivity contribution in [2.24, 2.45) is 0 Å². The lowest BCUT2D eigenvalue weighted by Crippen LogP contribution is -2.23. The van der Waals surface area contributed by atoms with Crippen molar-refractivity contribution in [3.8, 4) is 0 Å². The van der Waals surface area contributed by atoms with E-state index in [0.717, 1.165) is 11.1 Å². The summed E-state index contributed by atoms with van der Waals surface area (Å²) < 4.78 is 32.0. The quantitative estimate of drug-likeness (QED) is 0.768. The molecule has 0 radical (unpaired) electrons. The summed E-state index contributed by atoms with van der Waals surface area (Å²) in [4.78, 5) is 13.6. The standard InChI is InChI=1S/C15H14N2O4S/c1-10-2-4-11(5-3-10)9-16-22(19,20)12-6-7-14-13(8-12)17-15(18)21-14/h2-8,16H,9H2,1H3,(H,17,18). The summed E-state index contributed by atoms with van der Waals surface area (Å²) >= 11 is 0. The van der Waals surface area contributed by atoms with Crippen LogP contribution in [0.5, 0.6) is 0 Å². The van der Waals surface area contributed by atoms with Crippen LogP contribution in [0.15, 0.2) is 56.6 Å². The van der Waals surface area contributed by atoms with Crippen LogP contribution in [0.2, 0.25) is 0 Å². The van der Waals surface area contributed by atoms with Gasteiger partial charge in [-0.25, -0.2) is 17.9 Å². The van der Waals surface area contributed by atoms with E-state index in [1.165, 1.54) is 18.2 Å². The molecule has 0 unspecified atom stereocenters. The lowest BCUT2D eigenvalue weighted by molar-refractivity contribution is 0.555. The molecule has 7 heteroatoms. The SMILES string of the molecule is Cc1ccc(CNS(=O)(=O)c2ccc3oc(=O)[nH]c3c2)cc1. The van der Waals surface area contributed by atoms with Gasteiger partial charge in [-0.2, -0.15) is 0 Å². The van der Waals surface area contributed by atoms with Crippen molar-refractivity contribution < 1.29 is 12.8 Å². The minimum atomic E-state index is -3.66. The Bertz CT molecular complexity index is 969. The molecule has 114 valence electrons. The van der Waals surface area contributed by atoms with E-state index >= 15 is 0 Å². The van der Waals surface area contributed by atoms with E-state index in [2.05, 4.69) is 9.71 Å². The van der Waals surface area contributed by atoms with Gasteiger partial charge in [0, 0.05) is 6.54 Å². The van der Waals surface area contributed by atoms with E-state index in [1.54, 1.807) is 0 Å². The first kappa shape index (κ1) is 14.6. The molecule has 3 aromatic rings.